The Morgan fingerprint density at radius 1 is 1.30 bits per heavy atom. The number of carbonyl (C=O) groups excluding carboxylic acids is 1. The van der Waals surface area contributed by atoms with Gasteiger partial charge in [0.2, 0.25) is 0 Å². The highest BCUT2D eigenvalue weighted by Gasteiger charge is 2.40. The molecule has 0 aliphatic carbocycles. The molecule has 1 aliphatic heterocycles. The molecule has 1 atom stereocenters. The zero-order valence-corrected chi connectivity index (χ0v) is 16.1. The number of ether oxygens (including phenoxy) is 2. The van der Waals surface area contributed by atoms with E-state index in [0.29, 0.717) is 17.1 Å². The summed E-state index contributed by atoms with van der Waals surface area (Å²) in [6, 6.07) is 3.80. The van der Waals surface area contributed by atoms with Gasteiger partial charge in [-0.25, -0.2) is 4.79 Å². The van der Waals surface area contributed by atoms with Crippen molar-refractivity contribution in [2.75, 3.05) is 14.2 Å². The number of benzene rings is 1. The lowest BCUT2D eigenvalue weighted by atomic mass is 10.1. The van der Waals surface area contributed by atoms with Gasteiger partial charge in [-0.15, -0.1) is 0 Å². The first-order valence-corrected chi connectivity index (χ1v) is 8.95. The van der Waals surface area contributed by atoms with E-state index in [1.54, 1.807) is 18.2 Å². The molecule has 0 radical (unpaired) electrons. The molecule has 1 unspecified atom stereocenters. The third-order valence-electron chi connectivity index (χ3n) is 3.77. The predicted octanol–water partition coefficient (Wildman–Crippen LogP) is 2.22. The number of carboxylic acid groups (broad SMARTS) is 2. The molecular weight excluding hydrogens is 394 g/mol. The van der Waals surface area contributed by atoms with Crippen LogP contribution in [0.15, 0.2) is 23.1 Å². The summed E-state index contributed by atoms with van der Waals surface area (Å²) in [7, 11) is 2.95. The summed E-state index contributed by atoms with van der Waals surface area (Å²) in [4.78, 5) is 36.2. The summed E-state index contributed by atoms with van der Waals surface area (Å²) in [6.45, 7) is 0. The highest BCUT2D eigenvalue weighted by atomic mass is 32.2. The van der Waals surface area contributed by atoms with Crippen molar-refractivity contribution in [1.29, 1.82) is 0 Å². The molecular formula is C17H17NO7S2. The van der Waals surface area contributed by atoms with Gasteiger partial charge in [0.05, 0.1) is 19.1 Å². The maximum Gasteiger partial charge on any atom is 0.326 e. The van der Waals surface area contributed by atoms with Gasteiger partial charge in [-0.3, -0.25) is 14.5 Å². The summed E-state index contributed by atoms with van der Waals surface area (Å²) in [5, 5.41) is 18.2. The smallest absolute Gasteiger partial charge is 0.326 e. The number of nitrogens with zero attached hydrogens (tertiary/aromatic N) is 1. The second-order valence-electron chi connectivity index (χ2n) is 5.42. The van der Waals surface area contributed by atoms with E-state index in [4.69, 9.17) is 26.8 Å². The molecule has 0 saturated carbocycles. The Labute approximate surface area is 164 Å². The molecule has 1 aliphatic rings. The van der Waals surface area contributed by atoms with Crippen molar-refractivity contribution in [2.24, 2.45) is 0 Å². The topological polar surface area (TPSA) is 113 Å². The van der Waals surface area contributed by atoms with Crippen LogP contribution in [0.2, 0.25) is 0 Å². The lowest BCUT2D eigenvalue weighted by Crippen LogP contribution is -2.44. The van der Waals surface area contributed by atoms with E-state index in [-0.39, 0.29) is 15.6 Å². The molecule has 2 rings (SSSR count). The minimum atomic E-state index is -1.34. The van der Waals surface area contributed by atoms with Crippen LogP contribution < -0.4 is 9.47 Å². The Balaban J connectivity index is 2.36. The summed E-state index contributed by atoms with van der Waals surface area (Å²) < 4.78 is 10.6. The standard InChI is InChI=1S/C17H17NO7S2/c1-24-11-5-3-4-9(14(11)25-2)8-12-15(21)18(17(26)27-12)10(16(22)23)6-7-13(19)20/h3-5,8,10H,6-7H2,1-2H3,(H,19,20)(H,22,23)/b12-8-. The largest absolute Gasteiger partial charge is 0.493 e. The van der Waals surface area contributed by atoms with Gasteiger partial charge in [0.1, 0.15) is 10.4 Å². The molecule has 1 aromatic rings. The molecule has 10 heteroatoms. The molecule has 1 heterocycles. The van der Waals surface area contributed by atoms with Gasteiger partial charge in [-0.2, -0.15) is 0 Å². The third kappa shape index (κ3) is 4.58. The van der Waals surface area contributed by atoms with Crippen LogP contribution in [0.3, 0.4) is 0 Å². The average molecular weight is 411 g/mol. The van der Waals surface area contributed by atoms with Crippen molar-refractivity contribution in [1.82, 2.24) is 4.90 Å². The fourth-order valence-corrected chi connectivity index (χ4v) is 3.89. The third-order valence-corrected chi connectivity index (χ3v) is 5.10. The lowest BCUT2D eigenvalue weighted by molar-refractivity contribution is -0.146. The van der Waals surface area contributed by atoms with Crippen molar-refractivity contribution in [3.63, 3.8) is 0 Å². The molecule has 1 aromatic carbocycles. The summed E-state index contributed by atoms with van der Waals surface area (Å²) >= 11 is 6.11. The number of hydrogen-bond donors (Lipinski definition) is 2. The van der Waals surface area contributed by atoms with Crippen LogP contribution in [-0.4, -0.2) is 57.5 Å². The number of carboxylic acids is 2. The second kappa shape index (κ2) is 8.87. The van der Waals surface area contributed by atoms with E-state index < -0.39 is 30.3 Å². The molecule has 1 saturated heterocycles. The summed E-state index contributed by atoms with van der Waals surface area (Å²) in [5.41, 5.74) is 0.565. The molecule has 2 N–H and O–H groups in total. The molecule has 0 spiro atoms. The molecule has 0 aromatic heterocycles. The summed E-state index contributed by atoms with van der Waals surface area (Å²) in [6.07, 6.45) is 0.903. The summed E-state index contributed by atoms with van der Waals surface area (Å²) in [5.74, 6) is -2.15. The first kappa shape index (κ1) is 20.7. The van der Waals surface area contributed by atoms with Crippen LogP contribution in [-0.2, 0) is 14.4 Å². The van der Waals surface area contributed by atoms with E-state index >= 15 is 0 Å². The molecule has 1 amide bonds. The number of para-hydroxylation sites is 1. The van der Waals surface area contributed by atoms with Crippen molar-refractivity contribution in [3.05, 3.63) is 28.7 Å². The van der Waals surface area contributed by atoms with Gasteiger partial charge >= 0.3 is 11.9 Å². The molecule has 144 valence electrons. The number of hydrogen-bond acceptors (Lipinski definition) is 7. The van der Waals surface area contributed by atoms with Crippen LogP contribution in [0.5, 0.6) is 11.5 Å². The van der Waals surface area contributed by atoms with Crippen LogP contribution in [0.25, 0.3) is 6.08 Å². The van der Waals surface area contributed by atoms with Gasteiger partial charge < -0.3 is 19.7 Å². The Morgan fingerprint density at radius 2 is 2.00 bits per heavy atom. The maximum atomic E-state index is 12.7. The van der Waals surface area contributed by atoms with Crippen LogP contribution in [0.4, 0.5) is 0 Å². The maximum absolute atomic E-state index is 12.7. The minimum absolute atomic E-state index is 0.0610. The molecule has 8 nitrogen and oxygen atoms in total. The average Bonchev–Trinajstić information content (AvgIpc) is 2.88. The molecule has 0 bridgehead atoms. The van der Waals surface area contributed by atoms with Crippen LogP contribution in [0, 0.1) is 0 Å². The van der Waals surface area contributed by atoms with E-state index in [0.717, 1.165) is 16.7 Å². The second-order valence-corrected chi connectivity index (χ2v) is 7.10. The molecule has 27 heavy (non-hydrogen) atoms. The Kier molecular flexibility index (Phi) is 6.81. The van der Waals surface area contributed by atoms with Crippen LogP contribution >= 0.6 is 24.0 Å². The number of thiocarbonyl (C=S) groups is 1. The number of thioether (sulfide) groups is 1. The SMILES string of the molecule is COc1cccc(/C=C2\SC(=S)N(C(CCC(=O)O)C(=O)O)C2=O)c1OC. The Bertz CT molecular complexity index is 821. The number of carbonyl (C=O) groups is 3. The number of methoxy groups -OCH3 is 2. The van der Waals surface area contributed by atoms with Crippen molar-refractivity contribution < 1.29 is 34.1 Å². The van der Waals surface area contributed by atoms with Gasteiger partial charge in [-0.05, 0) is 18.6 Å². The number of aliphatic carboxylic acids is 2. The first-order chi connectivity index (χ1) is 12.8. The highest BCUT2D eigenvalue weighted by Crippen LogP contribution is 2.38. The number of rotatable bonds is 8. The normalized spacial score (nSPS) is 16.5. The Morgan fingerprint density at radius 3 is 2.56 bits per heavy atom. The first-order valence-electron chi connectivity index (χ1n) is 7.72. The number of amides is 1. The minimum Gasteiger partial charge on any atom is -0.493 e. The quantitative estimate of drug-likeness (QED) is 0.491. The Hall–Kier alpha value is -2.59. The van der Waals surface area contributed by atoms with Crippen LogP contribution in [0.1, 0.15) is 18.4 Å². The van der Waals surface area contributed by atoms with E-state index in [9.17, 15) is 19.5 Å². The van der Waals surface area contributed by atoms with Crippen molar-refractivity contribution in [2.45, 2.75) is 18.9 Å². The van der Waals surface area contributed by atoms with E-state index in [1.807, 2.05) is 0 Å². The van der Waals surface area contributed by atoms with Crippen molar-refractivity contribution in [3.8, 4) is 11.5 Å². The molecule has 1 fully saturated rings. The van der Waals surface area contributed by atoms with Gasteiger partial charge in [0, 0.05) is 12.0 Å². The van der Waals surface area contributed by atoms with E-state index in [2.05, 4.69) is 0 Å². The monoisotopic (exact) mass is 411 g/mol. The highest BCUT2D eigenvalue weighted by molar-refractivity contribution is 8.26. The van der Waals surface area contributed by atoms with Gasteiger partial charge in [0.15, 0.2) is 11.5 Å². The predicted molar refractivity (Wildman–Crippen MR) is 103 cm³/mol. The van der Waals surface area contributed by atoms with Gasteiger partial charge in [-0.1, -0.05) is 36.1 Å². The lowest BCUT2D eigenvalue weighted by Gasteiger charge is -2.22. The van der Waals surface area contributed by atoms with Gasteiger partial charge in [0.25, 0.3) is 5.91 Å². The fourth-order valence-electron chi connectivity index (χ4n) is 2.54. The van der Waals surface area contributed by atoms with Crippen molar-refractivity contribution >= 4 is 52.2 Å². The fraction of sp³-hybridized carbons (Fsp3) is 0.294. The zero-order chi connectivity index (χ0) is 20.1. The van der Waals surface area contributed by atoms with E-state index in [1.165, 1.54) is 20.3 Å². The zero-order valence-electron chi connectivity index (χ0n) is 14.5.